The number of nitrogens with zero attached hydrogens (tertiary/aromatic N) is 1. The van der Waals surface area contributed by atoms with E-state index in [1.54, 1.807) is 0 Å². The number of aliphatic hydroxyl groups is 1. The zero-order chi connectivity index (χ0) is 27.7. The van der Waals surface area contributed by atoms with Gasteiger partial charge in [0.05, 0.1) is 5.76 Å². The Hall–Kier alpha value is -3.40. The number of rotatable bonds is 4. The zero-order valence-electron chi connectivity index (χ0n) is 23.5. The molecule has 0 saturated heterocycles. The van der Waals surface area contributed by atoms with Gasteiger partial charge in [0.1, 0.15) is 0 Å². The molecule has 1 radical (unpaired) electrons. The summed E-state index contributed by atoms with van der Waals surface area (Å²) in [5.41, 5.74) is 8.90. The second-order valence-corrected chi connectivity index (χ2v) is 10.7. The van der Waals surface area contributed by atoms with Crippen LogP contribution in [0.2, 0.25) is 0 Å². The summed E-state index contributed by atoms with van der Waals surface area (Å²) in [6, 6.07) is 19.9. The third-order valence-electron chi connectivity index (χ3n) is 6.71. The predicted molar refractivity (Wildman–Crippen MR) is 154 cm³/mol. The largest absolute Gasteiger partial charge is 0.512 e. The van der Waals surface area contributed by atoms with E-state index in [0.29, 0.717) is 0 Å². The number of ketones is 2. The summed E-state index contributed by atoms with van der Waals surface area (Å²) in [6.07, 6.45) is 3.13. The molecule has 4 aromatic rings. The Labute approximate surface area is 244 Å². The Morgan fingerprint density at radius 1 is 0.846 bits per heavy atom. The first-order chi connectivity index (χ1) is 18.0. The van der Waals surface area contributed by atoms with Crippen molar-refractivity contribution in [3.63, 3.8) is 0 Å². The van der Waals surface area contributed by atoms with Gasteiger partial charge in [0.15, 0.2) is 11.6 Å². The molecular formula is C34H34IrNO3-. The summed E-state index contributed by atoms with van der Waals surface area (Å²) < 4.78 is 0. The third kappa shape index (κ3) is 6.43. The van der Waals surface area contributed by atoms with Crippen LogP contribution in [-0.2, 0) is 24.9 Å². The Balaban J connectivity index is 0.000000301. The Morgan fingerprint density at radius 2 is 1.54 bits per heavy atom. The van der Waals surface area contributed by atoms with Gasteiger partial charge in [0.25, 0.3) is 0 Å². The third-order valence-corrected chi connectivity index (χ3v) is 6.71. The normalized spacial score (nSPS) is 12.1. The van der Waals surface area contributed by atoms with Gasteiger partial charge in [-0.3, -0.25) is 9.59 Å². The van der Waals surface area contributed by atoms with Crippen LogP contribution in [-0.4, -0.2) is 21.7 Å². The van der Waals surface area contributed by atoms with E-state index < -0.39 is 0 Å². The minimum Gasteiger partial charge on any atom is -0.512 e. The Morgan fingerprint density at radius 3 is 2.18 bits per heavy atom. The molecule has 1 heterocycles. The first-order valence-corrected chi connectivity index (χ1v) is 13.0. The van der Waals surface area contributed by atoms with Crippen LogP contribution < -0.4 is 0 Å². The molecule has 1 aromatic heterocycles. The molecule has 0 spiro atoms. The van der Waals surface area contributed by atoms with E-state index in [4.69, 9.17) is 0 Å². The van der Waals surface area contributed by atoms with Gasteiger partial charge in [0, 0.05) is 55.3 Å². The van der Waals surface area contributed by atoms with Crippen molar-refractivity contribution < 1.29 is 34.8 Å². The fraction of sp³-hybridized carbons (Fsp3) is 0.265. The molecule has 1 N–H and O–H groups in total. The maximum absolute atomic E-state index is 12.9. The quantitative estimate of drug-likeness (QED) is 0.117. The van der Waals surface area contributed by atoms with Crippen LogP contribution in [0.3, 0.4) is 0 Å². The van der Waals surface area contributed by atoms with E-state index >= 15 is 0 Å². The number of hydrogen-bond acceptors (Lipinski definition) is 4. The standard InChI is InChI=1S/C25H18NO.C9H16O2.Ir/c1-14-4-5-19-21-13-20-17(12-23(21)25(27)22(19)11-14)6-7-26-24(20)18-9-15(2)8-16(3)10-18;1-6(2)8(10)5-9(11)7(3)4;/h4-9,11-13H,1-3H3;5-7,10H,1-4H3;/q-1;;/b;8-5-;. The van der Waals surface area contributed by atoms with Gasteiger partial charge < -0.3 is 10.1 Å². The summed E-state index contributed by atoms with van der Waals surface area (Å²) in [7, 11) is 0. The van der Waals surface area contributed by atoms with Crippen LogP contribution in [0.1, 0.15) is 60.3 Å². The number of aromatic nitrogens is 1. The van der Waals surface area contributed by atoms with Crippen LogP contribution in [0.15, 0.2) is 66.6 Å². The number of fused-ring (bicyclic) bond motifs is 4. The van der Waals surface area contributed by atoms with Crippen molar-refractivity contribution in [2.75, 3.05) is 0 Å². The summed E-state index contributed by atoms with van der Waals surface area (Å²) in [6.45, 7) is 13.5. The van der Waals surface area contributed by atoms with Crippen molar-refractivity contribution in [1.82, 2.24) is 4.98 Å². The van der Waals surface area contributed by atoms with Crippen LogP contribution in [0.25, 0.3) is 33.2 Å². The van der Waals surface area contributed by atoms with E-state index in [0.717, 1.165) is 55.4 Å². The number of benzene rings is 3. The van der Waals surface area contributed by atoms with E-state index in [2.05, 4.69) is 55.2 Å². The first-order valence-electron chi connectivity index (χ1n) is 13.0. The molecule has 39 heavy (non-hydrogen) atoms. The van der Waals surface area contributed by atoms with Gasteiger partial charge in [-0.1, -0.05) is 65.3 Å². The van der Waals surface area contributed by atoms with Gasteiger partial charge in [-0.25, -0.2) is 0 Å². The van der Waals surface area contributed by atoms with E-state index in [1.807, 2.05) is 59.0 Å². The Kier molecular flexibility index (Phi) is 9.42. The number of pyridine rings is 1. The maximum Gasteiger partial charge on any atom is 0.194 e. The average molecular weight is 697 g/mol. The smallest absolute Gasteiger partial charge is 0.194 e. The molecule has 0 aliphatic heterocycles. The van der Waals surface area contributed by atoms with E-state index in [1.165, 1.54) is 11.6 Å². The fourth-order valence-corrected chi connectivity index (χ4v) is 4.57. The molecule has 1 aliphatic carbocycles. The SMILES string of the molecule is CC(C)C(=O)/C=C(\O)C(C)C.Cc1[c-]c(-c2nccc3cc4c(cc23)-c2ccc(C)cc2C4=O)cc(C)c1.[Ir]. The summed E-state index contributed by atoms with van der Waals surface area (Å²) >= 11 is 0. The molecule has 0 fully saturated rings. The van der Waals surface area contributed by atoms with Crippen LogP contribution in [0.4, 0.5) is 0 Å². The van der Waals surface area contributed by atoms with Crippen molar-refractivity contribution in [2.45, 2.75) is 48.5 Å². The number of allylic oxidation sites excluding steroid dienone is 2. The minimum atomic E-state index is -0.0316. The van der Waals surface area contributed by atoms with Crippen molar-refractivity contribution in [3.05, 3.63) is 100 Å². The van der Waals surface area contributed by atoms with Crippen molar-refractivity contribution in [1.29, 1.82) is 0 Å². The van der Waals surface area contributed by atoms with Crippen molar-refractivity contribution >= 4 is 22.3 Å². The molecule has 203 valence electrons. The van der Waals surface area contributed by atoms with Gasteiger partial charge in [0.2, 0.25) is 0 Å². The van der Waals surface area contributed by atoms with Crippen molar-refractivity contribution in [2.24, 2.45) is 11.8 Å². The summed E-state index contributed by atoms with van der Waals surface area (Å²) in [5.74, 6) is 0.274. The first kappa shape index (κ1) is 30.1. The molecule has 0 bridgehead atoms. The second-order valence-electron chi connectivity index (χ2n) is 10.7. The van der Waals surface area contributed by atoms with Crippen LogP contribution >= 0.6 is 0 Å². The number of hydrogen-bond donors (Lipinski definition) is 1. The van der Waals surface area contributed by atoms with Gasteiger partial charge >= 0.3 is 0 Å². The molecule has 0 unspecified atom stereocenters. The van der Waals surface area contributed by atoms with Gasteiger partial charge in [-0.05, 0) is 52.7 Å². The number of aryl methyl sites for hydroxylation is 3. The molecule has 0 atom stereocenters. The fourth-order valence-electron chi connectivity index (χ4n) is 4.57. The van der Waals surface area contributed by atoms with Gasteiger partial charge in [-0.15, -0.1) is 34.9 Å². The molecule has 3 aromatic carbocycles. The monoisotopic (exact) mass is 697 g/mol. The van der Waals surface area contributed by atoms with Gasteiger partial charge in [-0.2, -0.15) is 0 Å². The summed E-state index contributed by atoms with van der Waals surface area (Å²) in [4.78, 5) is 28.6. The molecule has 0 amide bonds. The molecule has 4 nitrogen and oxygen atoms in total. The van der Waals surface area contributed by atoms with E-state index in [-0.39, 0.29) is 49.3 Å². The minimum absolute atomic E-state index is 0. The topological polar surface area (TPSA) is 67.3 Å². The molecule has 5 rings (SSSR count). The maximum atomic E-state index is 12.9. The number of carbonyl (C=O) groups is 2. The average Bonchev–Trinajstić information content (AvgIpc) is 3.12. The number of aliphatic hydroxyl groups excluding tert-OH is 1. The second kappa shape index (κ2) is 12.2. The predicted octanol–water partition coefficient (Wildman–Crippen LogP) is 8.15. The van der Waals surface area contributed by atoms with Crippen molar-refractivity contribution in [3.8, 4) is 22.4 Å². The molecule has 5 heteroatoms. The molecule has 0 saturated carbocycles. The summed E-state index contributed by atoms with van der Waals surface area (Å²) in [5, 5.41) is 11.3. The Bertz CT molecular complexity index is 1580. The molecular weight excluding hydrogens is 663 g/mol. The zero-order valence-corrected chi connectivity index (χ0v) is 25.9. The van der Waals surface area contributed by atoms with Crippen LogP contribution in [0, 0.1) is 38.7 Å². The molecule has 1 aliphatic rings. The number of carbonyl (C=O) groups excluding carboxylic acids is 2. The van der Waals surface area contributed by atoms with E-state index in [9.17, 15) is 14.7 Å². The van der Waals surface area contributed by atoms with Crippen LogP contribution in [0.5, 0.6) is 0 Å².